The lowest BCUT2D eigenvalue weighted by atomic mass is 9.89. The molecule has 18 heavy (non-hydrogen) atoms. The Hall–Kier alpha value is -1.08. The van der Waals surface area contributed by atoms with Crippen LogP contribution in [0.15, 0.2) is 35.9 Å². The summed E-state index contributed by atoms with van der Waals surface area (Å²) in [6.07, 6.45) is 10.5. The second-order valence-electron chi connectivity index (χ2n) is 5.31. The monoisotopic (exact) mass is 243 g/mol. The molecular formula is C17H25N. The number of hydrogen-bond donors (Lipinski definition) is 1. The van der Waals surface area contributed by atoms with Gasteiger partial charge in [0.1, 0.15) is 0 Å². The van der Waals surface area contributed by atoms with E-state index in [1.807, 2.05) is 0 Å². The average Bonchev–Trinajstić information content (AvgIpc) is 2.34. The number of likely N-dealkylation sites (N-methyl/N-ethyl adjacent to an activating group) is 1. The van der Waals surface area contributed by atoms with Crippen molar-refractivity contribution in [3.63, 3.8) is 0 Å². The number of benzene rings is 1. The zero-order valence-electron chi connectivity index (χ0n) is 11.7. The summed E-state index contributed by atoms with van der Waals surface area (Å²) in [5, 5.41) is 3.51. The first-order valence-electron chi connectivity index (χ1n) is 7.24. The number of hydrogen-bond acceptors (Lipinski definition) is 1. The topological polar surface area (TPSA) is 12.0 Å². The smallest absolute Gasteiger partial charge is 0.0536 e. The van der Waals surface area contributed by atoms with E-state index in [4.69, 9.17) is 0 Å². The minimum Gasteiger partial charge on any atom is -0.310 e. The molecule has 1 aliphatic carbocycles. The zero-order chi connectivity index (χ0) is 12.8. The number of nitrogens with one attached hydrogen (secondary N) is 1. The highest BCUT2D eigenvalue weighted by atomic mass is 14.9. The molecule has 0 amide bonds. The van der Waals surface area contributed by atoms with Gasteiger partial charge in [-0.25, -0.2) is 0 Å². The largest absolute Gasteiger partial charge is 0.310 e. The highest BCUT2D eigenvalue weighted by Gasteiger charge is 2.16. The molecule has 1 heteroatoms. The molecule has 0 saturated carbocycles. The molecule has 0 spiro atoms. The van der Waals surface area contributed by atoms with Gasteiger partial charge in [-0.1, -0.05) is 48.8 Å². The van der Waals surface area contributed by atoms with Crippen LogP contribution in [0.3, 0.4) is 0 Å². The quantitative estimate of drug-likeness (QED) is 0.769. The lowest BCUT2D eigenvalue weighted by Gasteiger charge is -2.23. The molecule has 0 bridgehead atoms. The predicted molar refractivity (Wildman–Crippen MR) is 78.8 cm³/mol. The van der Waals surface area contributed by atoms with Gasteiger partial charge in [-0.3, -0.25) is 0 Å². The minimum atomic E-state index is 0.407. The van der Waals surface area contributed by atoms with Crippen molar-refractivity contribution in [2.24, 2.45) is 0 Å². The Morgan fingerprint density at radius 1 is 1.06 bits per heavy atom. The molecule has 1 unspecified atom stereocenters. The summed E-state index contributed by atoms with van der Waals surface area (Å²) in [6.45, 7) is 2.21. The van der Waals surface area contributed by atoms with Crippen molar-refractivity contribution in [1.82, 2.24) is 5.32 Å². The molecule has 0 aromatic heterocycles. The van der Waals surface area contributed by atoms with Crippen LogP contribution in [0.2, 0.25) is 0 Å². The van der Waals surface area contributed by atoms with Crippen molar-refractivity contribution in [3.05, 3.63) is 47.0 Å². The summed E-state index contributed by atoms with van der Waals surface area (Å²) in [4.78, 5) is 0. The van der Waals surface area contributed by atoms with Crippen LogP contribution < -0.4 is 5.32 Å². The van der Waals surface area contributed by atoms with Gasteiger partial charge in [-0.2, -0.15) is 0 Å². The summed E-state index contributed by atoms with van der Waals surface area (Å²) in [5.41, 5.74) is 4.41. The fourth-order valence-electron chi connectivity index (χ4n) is 2.93. The first kappa shape index (κ1) is 13.4. The van der Waals surface area contributed by atoms with E-state index in [1.165, 1.54) is 49.7 Å². The third kappa shape index (κ3) is 3.23. The Labute approximate surface area is 111 Å². The molecule has 0 fully saturated rings. The highest BCUT2D eigenvalue weighted by Crippen LogP contribution is 2.30. The van der Waals surface area contributed by atoms with Crippen molar-refractivity contribution < 1.29 is 0 Å². The summed E-state index contributed by atoms with van der Waals surface area (Å²) >= 11 is 0. The maximum absolute atomic E-state index is 3.51. The first-order chi connectivity index (χ1) is 8.83. The van der Waals surface area contributed by atoms with E-state index in [0.717, 1.165) is 0 Å². The van der Waals surface area contributed by atoms with E-state index in [1.54, 1.807) is 5.57 Å². The molecule has 1 atom stereocenters. The molecule has 1 aromatic carbocycles. The molecule has 0 aliphatic heterocycles. The Kier molecular flexibility index (Phi) is 5.00. The lowest BCUT2D eigenvalue weighted by Crippen LogP contribution is -2.20. The van der Waals surface area contributed by atoms with Crippen LogP contribution in [0.5, 0.6) is 0 Å². The molecule has 0 radical (unpaired) electrons. The van der Waals surface area contributed by atoms with Gasteiger partial charge >= 0.3 is 0 Å². The van der Waals surface area contributed by atoms with Crippen LogP contribution in [0, 0.1) is 6.92 Å². The zero-order valence-corrected chi connectivity index (χ0v) is 11.7. The second-order valence-corrected chi connectivity index (χ2v) is 5.31. The molecule has 0 heterocycles. The predicted octanol–water partition coefficient (Wildman–Crippen LogP) is 4.54. The number of rotatable bonds is 3. The molecular weight excluding hydrogens is 218 g/mol. The number of allylic oxidation sites excluding steroid dienone is 1. The van der Waals surface area contributed by atoms with Crippen molar-refractivity contribution >= 4 is 0 Å². The Morgan fingerprint density at radius 2 is 1.83 bits per heavy atom. The van der Waals surface area contributed by atoms with E-state index in [9.17, 15) is 0 Å². The molecule has 2 rings (SSSR count). The SMILES string of the molecule is CNC(/C1=C/CCCCCC1)c1ccccc1C. The lowest BCUT2D eigenvalue weighted by molar-refractivity contribution is 0.572. The van der Waals surface area contributed by atoms with Crippen LogP contribution in [0.4, 0.5) is 0 Å². The molecule has 1 N–H and O–H groups in total. The van der Waals surface area contributed by atoms with Crippen LogP contribution in [-0.2, 0) is 0 Å². The standard InChI is InChI=1S/C17H25N/c1-14-10-8-9-13-16(14)17(18-2)15-11-6-4-3-5-7-12-15/h8-11,13,17-18H,3-7,12H2,1-2H3/b15-11+. The summed E-state index contributed by atoms with van der Waals surface area (Å²) < 4.78 is 0. The average molecular weight is 243 g/mol. The van der Waals surface area contributed by atoms with Gasteiger partial charge in [0, 0.05) is 0 Å². The van der Waals surface area contributed by atoms with Crippen LogP contribution in [0.1, 0.15) is 55.7 Å². The van der Waals surface area contributed by atoms with Gasteiger partial charge in [0.05, 0.1) is 6.04 Å². The second kappa shape index (κ2) is 6.75. The summed E-state index contributed by atoms with van der Waals surface area (Å²) in [7, 11) is 2.08. The van der Waals surface area contributed by atoms with Crippen molar-refractivity contribution in [1.29, 1.82) is 0 Å². The Morgan fingerprint density at radius 3 is 2.61 bits per heavy atom. The third-order valence-electron chi connectivity index (χ3n) is 3.99. The summed E-state index contributed by atoms with van der Waals surface area (Å²) in [6, 6.07) is 9.15. The first-order valence-corrected chi connectivity index (χ1v) is 7.24. The van der Waals surface area contributed by atoms with E-state index in [2.05, 4.69) is 49.6 Å². The van der Waals surface area contributed by atoms with Gasteiger partial charge in [-0.15, -0.1) is 0 Å². The van der Waals surface area contributed by atoms with E-state index < -0.39 is 0 Å². The van der Waals surface area contributed by atoms with E-state index in [-0.39, 0.29) is 0 Å². The van der Waals surface area contributed by atoms with Gasteiger partial charge in [0.2, 0.25) is 0 Å². The molecule has 0 saturated heterocycles. The molecule has 1 aromatic rings. The number of aryl methyl sites for hydroxylation is 1. The van der Waals surface area contributed by atoms with Crippen molar-refractivity contribution in [2.75, 3.05) is 7.05 Å². The van der Waals surface area contributed by atoms with Crippen LogP contribution in [-0.4, -0.2) is 7.05 Å². The summed E-state index contributed by atoms with van der Waals surface area (Å²) in [5.74, 6) is 0. The maximum Gasteiger partial charge on any atom is 0.0536 e. The fourth-order valence-corrected chi connectivity index (χ4v) is 2.93. The fraction of sp³-hybridized carbons (Fsp3) is 0.529. The van der Waals surface area contributed by atoms with Crippen molar-refractivity contribution in [2.45, 2.75) is 51.5 Å². The Balaban J connectivity index is 2.24. The van der Waals surface area contributed by atoms with Gasteiger partial charge in [0.25, 0.3) is 0 Å². The van der Waals surface area contributed by atoms with E-state index >= 15 is 0 Å². The molecule has 98 valence electrons. The van der Waals surface area contributed by atoms with Crippen LogP contribution in [0.25, 0.3) is 0 Å². The van der Waals surface area contributed by atoms with Gasteiger partial charge in [0.15, 0.2) is 0 Å². The van der Waals surface area contributed by atoms with Gasteiger partial charge in [-0.05, 0) is 50.8 Å². The maximum atomic E-state index is 3.51. The third-order valence-corrected chi connectivity index (χ3v) is 3.99. The van der Waals surface area contributed by atoms with Crippen molar-refractivity contribution in [3.8, 4) is 0 Å². The van der Waals surface area contributed by atoms with Crippen LogP contribution >= 0.6 is 0 Å². The van der Waals surface area contributed by atoms with Gasteiger partial charge < -0.3 is 5.32 Å². The molecule has 1 aliphatic rings. The minimum absolute atomic E-state index is 0.407. The molecule has 1 nitrogen and oxygen atoms in total. The highest BCUT2D eigenvalue weighted by molar-refractivity contribution is 5.34. The Bertz CT molecular complexity index is 406. The van der Waals surface area contributed by atoms with E-state index in [0.29, 0.717) is 6.04 Å². The normalized spacial score (nSPS) is 21.6.